The van der Waals surface area contributed by atoms with Gasteiger partial charge in [-0.05, 0) is 37.8 Å². The molecule has 1 amide bonds. The third kappa shape index (κ3) is 2.74. The second kappa shape index (κ2) is 5.37. The molecular formula is C14H19NO4S2. The molecule has 0 aromatic carbocycles. The number of thiophene rings is 1. The summed E-state index contributed by atoms with van der Waals surface area (Å²) < 4.78 is 28.9. The molecular weight excluding hydrogens is 310 g/mol. The van der Waals surface area contributed by atoms with E-state index in [9.17, 15) is 13.2 Å². The zero-order valence-electron chi connectivity index (χ0n) is 12.0. The highest BCUT2D eigenvalue weighted by molar-refractivity contribution is 7.92. The van der Waals surface area contributed by atoms with Crippen LogP contribution in [0.1, 0.15) is 35.4 Å². The fourth-order valence-corrected chi connectivity index (χ4v) is 5.06. The van der Waals surface area contributed by atoms with E-state index in [1.54, 1.807) is 6.07 Å². The molecule has 0 saturated carbocycles. The minimum atomic E-state index is -3.25. The van der Waals surface area contributed by atoms with Crippen LogP contribution in [0.2, 0.25) is 0 Å². The molecule has 5 nitrogen and oxygen atoms in total. The predicted octanol–water partition coefficient (Wildman–Crippen LogP) is 1.94. The van der Waals surface area contributed by atoms with Crippen LogP contribution in [0, 0.1) is 0 Å². The van der Waals surface area contributed by atoms with Crippen molar-refractivity contribution in [2.75, 3.05) is 26.0 Å². The topological polar surface area (TPSA) is 63.7 Å². The summed E-state index contributed by atoms with van der Waals surface area (Å²) >= 11 is 1.06. The number of nitrogens with zero attached hydrogens (tertiary/aromatic N) is 1. The predicted molar refractivity (Wildman–Crippen MR) is 80.5 cm³/mol. The van der Waals surface area contributed by atoms with Crippen molar-refractivity contribution >= 4 is 27.1 Å². The Morgan fingerprint density at radius 2 is 2.14 bits per heavy atom. The molecule has 1 atom stereocenters. The monoisotopic (exact) mass is 329 g/mol. The number of rotatable bonds is 2. The molecule has 2 aliphatic heterocycles. The van der Waals surface area contributed by atoms with Gasteiger partial charge in [-0.2, -0.15) is 0 Å². The third-order valence-electron chi connectivity index (χ3n) is 4.33. The SMILES string of the molecule is CS(=O)(=O)c1ccc(C(=O)N2CCCCC23CCOC3)s1. The number of ether oxygens (including phenoxy) is 1. The molecule has 1 aromatic rings. The van der Waals surface area contributed by atoms with Crippen molar-refractivity contribution in [1.29, 1.82) is 0 Å². The highest BCUT2D eigenvalue weighted by Crippen LogP contribution is 2.37. The summed E-state index contributed by atoms with van der Waals surface area (Å²) in [7, 11) is -3.25. The van der Waals surface area contributed by atoms with Gasteiger partial charge in [-0.1, -0.05) is 0 Å². The molecule has 21 heavy (non-hydrogen) atoms. The number of likely N-dealkylation sites (tertiary alicyclic amines) is 1. The van der Waals surface area contributed by atoms with E-state index in [4.69, 9.17) is 4.74 Å². The second-order valence-electron chi connectivity index (χ2n) is 5.83. The van der Waals surface area contributed by atoms with E-state index in [0.29, 0.717) is 18.1 Å². The fourth-order valence-electron chi connectivity index (χ4n) is 3.19. The lowest BCUT2D eigenvalue weighted by molar-refractivity contribution is 0.0260. The summed E-state index contributed by atoms with van der Waals surface area (Å²) in [5.74, 6) is -0.0555. The van der Waals surface area contributed by atoms with Crippen LogP contribution in [0.15, 0.2) is 16.3 Å². The highest BCUT2D eigenvalue weighted by atomic mass is 32.2. The largest absolute Gasteiger partial charge is 0.379 e. The van der Waals surface area contributed by atoms with Crippen LogP contribution in [0.25, 0.3) is 0 Å². The van der Waals surface area contributed by atoms with E-state index in [-0.39, 0.29) is 15.7 Å². The summed E-state index contributed by atoms with van der Waals surface area (Å²) in [6, 6.07) is 3.15. The molecule has 116 valence electrons. The summed E-state index contributed by atoms with van der Waals surface area (Å²) in [6.07, 6.45) is 5.14. The summed E-state index contributed by atoms with van der Waals surface area (Å²) in [5, 5.41) is 0. The van der Waals surface area contributed by atoms with Gasteiger partial charge in [0.1, 0.15) is 4.21 Å². The Hall–Kier alpha value is -0.920. The molecule has 1 spiro atoms. The molecule has 0 aliphatic carbocycles. The van der Waals surface area contributed by atoms with Gasteiger partial charge >= 0.3 is 0 Å². The van der Waals surface area contributed by atoms with E-state index in [1.165, 1.54) is 12.3 Å². The van der Waals surface area contributed by atoms with Crippen molar-refractivity contribution in [3.05, 3.63) is 17.0 Å². The third-order valence-corrected chi connectivity index (χ3v) is 7.22. The molecule has 7 heteroatoms. The Balaban J connectivity index is 1.88. The maximum atomic E-state index is 12.8. The average Bonchev–Trinajstić information content (AvgIpc) is 3.07. The Bertz CT molecular complexity index is 644. The number of sulfone groups is 1. The van der Waals surface area contributed by atoms with Gasteiger partial charge in [0.25, 0.3) is 5.91 Å². The molecule has 2 fully saturated rings. The molecule has 0 N–H and O–H groups in total. The average molecular weight is 329 g/mol. The van der Waals surface area contributed by atoms with Crippen molar-refractivity contribution in [1.82, 2.24) is 4.90 Å². The van der Waals surface area contributed by atoms with Crippen LogP contribution < -0.4 is 0 Å². The normalized spacial score (nSPS) is 26.4. The van der Waals surface area contributed by atoms with Crippen molar-refractivity contribution in [2.45, 2.75) is 35.4 Å². The molecule has 0 bridgehead atoms. The van der Waals surface area contributed by atoms with E-state index in [2.05, 4.69) is 0 Å². The smallest absolute Gasteiger partial charge is 0.264 e. The van der Waals surface area contributed by atoms with Gasteiger partial charge < -0.3 is 9.64 Å². The zero-order valence-corrected chi connectivity index (χ0v) is 13.6. The Morgan fingerprint density at radius 3 is 2.76 bits per heavy atom. The molecule has 3 heterocycles. The van der Waals surface area contributed by atoms with Gasteiger partial charge in [-0.3, -0.25) is 4.79 Å². The quantitative estimate of drug-likeness (QED) is 0.832. The van der Waals surface area contributed by atoms with Gasteiger partial charge in [0.2, 0.25) is 0 Å². The van der Waals surface area contributed by atoms with Crippen molar-refractivity contribution < 1.29 is 17.9 Å². The molecule has 2 saturated heterocycles. The Labute approximate surface area is 128 Å². The number of piperidine rings is 1. The lowest BCUT2D eigenvalue weighted by Crippen LogP contribution is -2.55. The highest BCUT2D eigenvalue weighted by Gasteiger charge is 2.44. The van der Waals surface area contributed by atoms with Crippen LogP contribution in [0.4, 0.5) is 0 Å². The van der Waals surface area contributed by atoms with Crippen LogP contribution in [-0.4, -0.2) is 50.8 Å². The van der Waals surface area contributed by atoms with E-state index in [1.807, 2.05) is 4.90 Å². The first-order valence-corrected chi connectivity index (χ1v) is 9.83. The molecule has 2 aliphatic rings. The molecule has 3 rings (SSSR count). The minimum absolute atomic E-state index is 0.0555. The van der Waals surface area contributed by atoms with Crippen LogP contribution in [0.5, 0.6) is 0 Å². The standard InChI is InChI=1S/C14H19NO4S2/c1-21(17,18)12-5-4-11(20-12)13(16)15-8-3-2-6-14(15)7-9-19-10-14/h4-5H,2-3,6-10H2,1H3. The Kier molecular flexibility index (Phi) is 3.83. The van der Waals surface area contributed by atoms with E-state index in [0.717, 1.165) is 43.6 Å². The van der Waals surface area contributed by atoms with Crippen molar-refractivity contribution in [3.8, 4) is 0 Å². The Morgan fingerprint density at radius 1 is 1.33 bits per heavy atom. The maximum Gasteiger partial charge on any atom is 0.264 e. The lowest BCUT2D eigenvalue weighted by atomic mass is 9.85. The summed E-state index contributed by atoms with van der Waals surface area (Å²) in [5.41, 5.74) is -0.176. The summed E-state index contributed by atoms with van der Waals surface area (Å²) in [6.45, 7) is 2.03. The van der Waals surface area contributed by atoms with E-state index < -0.39 is 9.84 Å². The van der Waals surface area contributed by atoms with Gasteiger partial charge in [-0.15, -0.1) is 11.3 Å². The van der Waals surface area contributed by atoms with Crippen LogP contribution >= 0.6 is 11.3 Å². The maximum absolute atomic E-state index is 12.8. The number of amides is 1. The van der Waals surface area contributed by atoms with Gasteiger partial charge in [0.05, 0.1) is 17.0 Å². The minimum Gasteiger partial charge on any atom is -0.379 e. The van der Waals surface area contributed by atoms with Crippen LogP contribution in [0.3, 0.4) is 0 Å². The first-order valence-electron chi connectivity index (χ1n) is 7.12. The number of carbonyl (C=O) groups excluding carboxylic acids is 1. The second-order valence-corrected chi connectivity index (χ2v) is 9.16. The van der Waals surface area contributed by atoms with Crippen molar-refractivity contribution in [2.24, 2.45) is 0 Å². The number of hydrogen-bond donors (Lipinski definition) is 0. The van der Waals surface area contributed by atoms with Gasteiger partial charge in [0, 0.05) is 19.4 Å². The van der Waals surface area contributed by atoms with Gasteiger partial charge in [-0.25, -0.2) is 8.42 Å². The molecule has 0 radical (unpaired) electrons. The molecule has 1 unspecified atom stereocenters. The van der Waals surface area contributed by atoms with Crippen LogP contribution in [-0.2, 0) is 14.6 Å². The van der Waals surface area contributed by atoms with Gasteiger partial charge in [0.15, 0.2) is 9.84 Å². The fraction of sp³-hybridized carbons (Fsp3) is 0.643. The van der Waals surface area contributed by atoms with E-state index >= 15 is 0 Å². The molecule has 1 aromatic heterocycles. The first-order chi connectivity index (χ1) is 9.92. The number of hydrogen-bond acceptors (Lipinski definition) is 5. The van der Waals surface area contributed by atoms with Crippen molar-refractivity contribution in [3.63, 3.8) is 0 Å². The zero-order chi connectivity index (χ0) is 15.1. The summed E-state index contributed by atoms with van der Waals surface area (Å²) in [4.78, 5) is 15.2. The first kappa shape index (κ1) is 15.0. The lowest BCUT2D eigenvalue weighted by Gasteiger charge is -2.43. The number of carbonyl (C=O) groups is 1.